The molecule has 1 rings (SSSR count). The van der Waals surface area contributed by atoms with Crippen molar-refractivity contribution >= 4 is 12.2 Å². The van der Waals surface area contributed by atoms with Crippen LogP contribution in [0.2, 0.25) is 0 Å². The number of nitrogens with one attached hydrogen (secondary N) is 1. The van der Waals surface area contributed by atoms with Gasteiger partial charge in [-0.1, -0.05) is 0 Å². The number of amides is 1. The molecule has 1 saturated heterocycles. The summed E-state index contributed by atoms with van der Waals surface area (Å²) < 4.78 is 4.98. The van der Waals surface area contributed by atoms with E-state index in [0.29, 0.717) is 6.29 Å². The molecule has 84 valence electrons. The third-order valence-electron chi connectivity index (χ3n) is 1.90. The minimum atomic E-state index is -0.496. The smallest absolute Gasteiger partial charge is 0.246 e. The molecule has 0 spiro atoms. The van der Waals surface area contributed by atoms with Crippen LogP contribution in [0.5, 0.6) is 0 Å². The monoisotopic (exact) mass is 215 g/mol. The van der Waals surface area contributed by atoms with Crippen molar-refractivity contribution in [2.24, 2.45) is 5.11 Å². The van der Waals surface area contributed by atoms with E-state index in [1.165, 1.54) is 7.05 Å². The van der Waals surface area contributed by atoms with Crippen molar-refractivity contribution in [1.82, 2.24) is 5.06 Å². The van der Waals surface area contributed by atoms with Gasteiger partial charge in [0, 0.05) is 19.9 Å². The second-order valence-corrected chi connectivity index (χ2v) is 3.09. The first-order valence-corrected chi connectivity index (χ1v) is 4.54. The highest BCUT2D eigenvalue weighted by atomic mass is 16.9. The van der Waals surface area contributed by atoms with Gasteiger partial charge in [0.15, 0.2) is 0 Å². The molecule has 2 atom stereocenters. The van der Waals surface area contributed by atoms with Crippen molar-refractivity contribution in [2.75, 3.05) is 13.6 Å². The number of aldehydes is 1. The van der Waals surface area contributed by atoms with Crippen LogP contribution < -0.4 is 0 Å². The van der Waals surface area contributed by atoms with E-state index in [9.17, 15) is 9.59 Å². The Morgan fingerprint density at radius 2 is 2.47 bits per heavy atom. The summed E-state index contributed by atoms with van der Waals surface area (Å²) in [5.74, 6) is -0.279. The molecule has 0 saturated carbocycles. The molecule has 0 aromatic heterocycles. The molecule has 0 aromatic rings. The van der Waals surface area contributed by atoms with Crippen molar-refractivity contribution in [1.29, 1.82) is 5.53 Å². The van der Waals surface area contributed by atoms with Gasteiger partial charge in [-0.3, -0.25) is 4.79 Å². The number of carbonyl (C=O) groups excluding carboxylic acids is 2. The van der Waals surface area contributed by atoms with Crippen LogP contribution in [0.25, 0.3) is 0 Å². The molecule has 7 nitrogen and oxygen atoms in total. The SMILES string of the molecule is CN(OC1O[C@@H]1CN=N)C(=O)CCC=O. The Morgan fingerprint density at radius 1 is 1.73 bits per heavy atom. The maximum Gasteiger partial charge on any atom is 0.246 e. The first-order chi connectivity index (χ1) is 7.19. The quantitative estimate of drug-likeness (QED) is 0.282. The minimum Gasteiger partial charge on any atom is -0.337 e. The Labute approximate surface area is 86.8 Å². The number of ether oxygens (including phenoxy) is 1. The second kappa shape index (κ2) is 5.52. The number of nitrogens with zero attached hydrogens (tertiary/aromatic N) is 2. The molecule has 1 aliphatic heterocycles. The summed E-state index contributed by atoms with van der Waals surface area (Å²) in [6, 6.07) is 0. The van der Waals surface area contributed by atoms with Crippen molar-refractivity contribution in [3.63, 3.8) is 0 Å². The zero-order valence-corrected chi connectivity index (χ0v) is 8.38. The summed E-state index contributed by atoms with van der Waals surface area (Å²) in [7, 11) is 1.46. The van der Waals surface area contributed by atoms with Crippen molar-refractivity contribution in [3.8, 4) is 0 Å². The van der Waals surface area contributed by atoms with Crippen LogP contribution in [0.1, 0.15) is 12.8 Å². The number of hydrogen-bond acceptors (Lipinski definition) is 6. The van der Waals surface area contributed by atoms with Gasteiger partial charge in [-0.05, 0) is 0 Å². The van der Waals surface area contributed by atoms with Crippen molar-refractivity contribution in [3.05, 3.63) is 0 Å². The Morgan fingerprint density at radius 3 is 3.07 bits per heavy atom. The fraction of sp³-hybridized carbons (Fsp3) is 0.750. The highest BCUT2D eigenvalue weighted by Crippen LogP contribution is 2.24. The van der Waals surface area contributed by atoms with Gasteiger partial charge in [-0.2, -0.15) is 5.11 Å². The number of hydroxylamine groups is 2. The first-order valence-electron chi connectivity index (χ1n) is 4.54. The minimum absolute atomic E-state index is 0.125. The fourth-order valence-corrected chi connectivity index (χ4v) is 0.993. The third kappa shape index (κ3) is 3.72. The maximum absolute atomic E-state index is 11.3. The summed E-state index contributed by atoms with van der Waals surface area (Å²) >= 11 is 0. The lowest BCUT2D eigenvalue weighted by Crippen LogP contribution is -2.28. The molecule has 0 aliphatic carbocycles. The molecule has 0 bridgehead atoms. The average molecular weight is 215 g/mol. The van der Waals surface area contributed by atoms with E-state index in [2.05, 4.69) is 5.11 Å². The van der Waals surface area contributed by atoms with Gasteiger partial charge in [0.2, 0.25) is 12.2 Å². The zero-order valence-electron chi connectivity index (χ0n) is 8.38. The van der Waals surface area contributed by atoms with Crippen LogP contribution in [0.15, 0.2) is 5.11 Å². The molecule has 15 heavy (non-hydrogen) atoms. The normalized spacial score (nSPS) is 23.3. The van der Waals surface area contributed by atoms with E-state index in [1.807, 2.05) is 0 Å². The summed E-state index contributed by atoms with van der Waals surface area (Å²) in [4.78, 5) is 26.4. The van der Waals surface area contributed by atoms with E-state index < -0.39 is 6.29 Å². The van der Waals surface area contributed by atoms with Gasteiger partial charge in [-0.25, -0.2) is 15.4 Å². The lowest BCUT2D eigenvalue weighted by molar-refractivity contribution is -0.194. The first kappa shape index (κ1) is 11.7. The predicted octanol–water partition coefficient (Wildman–Crippen LogP) is 0.111. The van der Waals surface area contributed by atoms with E-state index in [4.69, 9.17) is 15.1 Å². The Kier molecular flexibility index (Phi) is 4.32. The van der Waals surface area contributed by atoms with Crippen LogP contribution >= 0.6 is 0 Å². The number of hydrogen-bond donors (Lipinski definition) is 1. The van der Waals surface area contributed by atoms with E-state index in [0.717, 1.165) is 5.06 Å². The fourth-order valence-electron chi connectivity index (χ4n) is 0.993. The molecule has 1 fully saturated rings. The largest absolute Gasteiger partial charge is 0.337 e. The summed E-state index contributed by atoms with van der Waals surface area (Å²) in [6.07, 6.45) is 0.262. The van der Waals surface area contributed by atoms with Crippen molar-refractivity contribution < 1.29 is 19.2 Å². The molecule has 0 aromatic carbocycles. The topological polar surface area (TPSA) is 95.3 Å². The Balaban J connectivity index is 2.18. The van der Waals surface area contributed by atoms with Crippen LogP contribution in [-0.2, 0) is 19.2 Å². The lowest BCUT2D eigenvalue weighted by Gasteiger charge is -2.14. The van der Waals surface area contributed by atoms with E-state index in [1.54, 1.807) is 0 Å². The molecule has 1 unspecified atom stereocenters. The second-order valence-electron chi connectivity index (χ2n) is 3.09. The zero-order chi connectivity index (χ0) is 11.3. The van der Waals surface area contributed by atoms with Gasteiger partial charge in [0.1, 0.15) is 12.4 Å². The molecule has 1 aliphatic rings. The number of epoxide rings is 1. The lowest BCUT2D eigenvalue weighted by atomic mass is 10.3. The van der Waals surface area contributed by atoms with Crippen LogP contribution in [0.3, 0.4) is 0 Å². The molecule has 0 radical (unpaired) electrons. The molecule has 1 amide bonds. The molecular weight excluding hydrogens is 202 g/mol. The van der Waals surface area contributed by atoms with Crippen molar-refractivity contribution in [2.45, 2.75) is 25.2 Å². The van der Waals surface area contributed by atoms with Crippen LogP contribution in [-0.4, -0.2) is 43.2 Å². The van der Waals surface area contributed by atoms with Crippen LogP contribution in [0.4, 0.5) is 0 Å². The van der Waals surface area contributed by atoms with Gasteiger partial charge in [0.25, 0.3) is 0 Å². The molecule has 7 heteroatoms. The summed E-state index contributed by atoms with van der Waals surface area (Å²) in [5, 5.41) is 4.20. The van der Waals surface area contributed by atoms with E-state index >= 15 is 0 Å². The highest BCUT2D eigenvalue weighted by molar-refractivity contribution is 5.77. The summed E-state index contributed by atoms with van der Waals surface area (Å²) in [5.41, 5.74) is 6.59. The van der Waals surface area contributed by atoms with Gasteiger partial charge in [0.05, 0.1) is 6.54 Å². The van der Waals surface area contributed by atoms with E-state index in [-0.39, 0.29) is 31.4 Å². The molecule has 1 N–H and O–H groups in total. The van der Waals surface area contributed by atoms with Gasteiger partial charge < -0.3 is 9.53 Å². The number of carbonyl (C=O) groups is 2. The van der Waals surface area contributed by atoms with Crippen LogP contribution in [0, 0.1) is 5.53 Å². The van der Waals surface area contributed by atoms with Gasteiger partial charge >= 0.3 is 0 Å². The Hall–Kier alpha value is -1.34. The number of rotatable bonds is 7. The highest BCUT2D eigenvalue weighted by Gasteiger charge is 2.42. The average Bonchev–Trinajstić information content (AvgIpc) is 2.93. The standard InChI is InChI=1S/C8H13N3O4/c1-11(7(13)3-2-4-12)15-8-6(14-8)5-10-9/h4,6,8-9H,2-3,5H2,1H3/t6-,8?/m1/s1. The van der Waals surface area contributed by atoms with Gasteiger partial charge in [-0.15, -0.1) is 0 Å². The third-order valence-corrected chi connectivity index (χ3v) is 1.90. The summed E-state index contributed by atoms with van der Waals surface area (Å²) in [6.45, 7) is 0.237. The predicted molar refractivity (Wildman–Crippen MR) is 47.8 cm³/mol. The Bertz CT molecular complexity index is 258. The maximum atomic E-state index is 11.3. The molecular formula is C8H13N3O4. The molecule has 1 heterocycles.